The fourth-order valence-corrected chi connectivity index (χ4v) is 4.94. The molecule has 1 aliphatic heterocycles. The molecule has 3 heterocycles. The van der Waals surface area contributed by atoms with Crippen LogP contribution in [0.25, 0.3) is 0 Å². The molecule has 8 heteroatoms. The molecule has 2 aliphatic rings. The summed E-state index contributed by atoms with van der Waals surface area (Å²) in [6.45, 7) is 14.8. The Morgan fingerprint density at radius 3 is 2.41 bits per heavy atom. The normalized spacial score (nSPS) is 17.5. The summed E-state index contributed by atoms with van der Waals surface area (Å²) in [7, 11) is 0. The Balaban J connectivity index is 1.09. The van der Waals surface area contributed by atoms with Crippen LogP contribution in [0, 0.1) is 5.92 Å². The lowest BCUT2D eigenvalue weighted by atomic mass is 9.82. The highest BCUT2D eigenvalue weighted by Gasteiger charge is 2.28. The SMILES string of the molecule is CC(COc1nccc(OCc2ccccc2)n1)CN1CCN(c2cc(C3CCC3)nc(C(C)(C)C)n2)CC1. The van der Waals surface area contributed by atoms with Gasteiger partial charge in [0.25, 0.3) is 0 Å². The zero-order valence-corrected chi connectivity index (χ0v) is 23.8. The smallest absolute Gasteiger partial charge is 0.319 e. The molecule has 1 saturated heterocycles. The van der Waals surface area contributed by atoms with E-state index in [1.54, 1.807) is 12.3 Å². The number of aromatic nitrogens is 4. The van der Waals surface area contributed by atoms with Gasteiger partial charge >= 0.3 is 6.01 Å². The second kappa shape index (κ2) is 12.3. The largest absolute Gasteiger partial charge is 0.473 e. The standard InChI is InChI=1S/C31H42N6O2/c1-23(21-39-30-32-14-13-28(35-30)38-22-24-9-6-5-7-10-24)20-36-15-17-37(18-16-36)27-19-26(25-11-8-12-25)33-29(34-27)31(2,3)4/h5-7,9-10,13-14,19,23,25H,8,11-12,15-18,20-22H2,1-4H3. The Hall–Kier alpha value is -3.26. The summed E-state index contributed by atoms with van der Waals surface area (Å²) in [5, 5.41) is 0. The quantitative estimate of drug-likeness (QED) is 0.352. The second-order valence-corrected chi connectivity index (χ2v) is 12.0. The van der Waals surface area contributed by atoms with Crippen molar-refractivity contribution in [3.05, 3.63) is 65.7 Å². The predicted octanol–water partition coefficient (Wildman–Crippen LogP) is 5.25. The molecular weight excluding hydrogens is 488 g/mol. The number of piperazine rings is 1. The van der Waals surface area contributed by atoms with Crippen LogP contribution >= 0.6 is 0 Å². The van der Waals surface area contributed by atoms with Crippen molar-refractivity contribution in [1.29, 1.82) is 0 Å². The maximum Gasteiger partial charge on any atom is 0.319 e. The highest BCUT2D eigenvalue weighted by molar-refractivity contribution is 5.42. The number of benzene rings is 1. The van der Waals surface area contributed by atoms with Gasteiger partial charge in [-0.1, -0.05) is 64.4 Å². The van der Waals surface area contributed by atoms with Gasteiger partial charge in [-0.15, -0.1) is 0 Å². The van der Waals surface area contributed by atoms with Gasteiger partial charge in [-0.05, 0) is 18.4 Å². The average molecular weight is 531 g/mol. The monoisotopic (exact) mass is 530 g/mol. The van der Waals surface area contributed by atoms with Crippen LogP contribution in [-0.4, -0.2) is 64.2 Å². The third-order valence-corrected chi connectivity index (χ3v) is 7.53. The molecule has 8 nitrogen and oxygen atoms in total. The molecule has 1 saturated carbocycles. The van der Waals surface area contributed by atoms with Gasteiger partial charge in [-0.3, -0.25) is 4.90 Å². The number of hydrogen-bond acceptors (Lipinski definition) is 8. The van der Waals surface area contributed by atoms with E-state index in [9.17, 15) is 0 Å². The zero-order chi connectivity index (χ0) is 27.2. The van der Waals surface area contributed by atoms with Gasteiger partial charge in [-0.2, -0.15) is 4.98 Å². The van der Waals surface area contributed by atoms with E-state index in [2.05, 4.69) is 53.5 Å². The lowest BCUT2D eigenvalue weighted by molar-refractivity contribution is 0.170. The van der Waals surface area contributed by atoms with Crippen molar-refractivity contribution in [2.75, 3.05) is 44.2 Å². The fourth-order valence-electron chi connectivity index (χ4n) is 4.94. The third kappa shape index (κ3) is 7.44. The van der Waals surface area contributed by atoms with E-state index < -0.39 is 0 Å². The first kappa shape index (κ1) is 27.3. The van der Waals surface area contributed by atoms with E-state index in [0.29, 0.717) is 36.9 Å². The van der Waals surface area contributed by atoms with Crippen LogP contribution in [0.3, 0.4) is 0 Å². The Morgan fingerprint density at radius 2 is 1.72 bits per heavy atom. The molecule has 1 aliphatic carbocycles. The van der Waals surface area contributed by atoms with Crippen molar-refractivity contribution in [2.24, 2.45) is 5.92 Å². The van der Waals surface area contributed by atoms with Crippen LogP contribution < -0.4 is 14.4 Å². The molecule has 1 unspecified atom stereocenters. The number of nitrogens with zero attached hydrogens (tertiary/aromatic N) is 6. The number of ether oxygens (including phenoxy) is 2. The van der Waals surface area contributed by atoms with Gasteiger partial charge in [0.15, 0.2) is 0 Å². The van der Waals surface area contributed by atoms with Crippen molar-refractivity contribution in [2.45, 2.75) is 64.9 Å². The molecule has 3 aromatic rings. The minimum atomic E-state index is -0.0526. The van der Waals surface area contributed by atoms with Crippen LogP contribution in [0.1, 0.15) is 70.0 Å². The van der Waals surface area contributed by atoms with E-state index in [1.807, 2.05) is 30.3 Å². The molecule has 0 N–H and O–H groups in total. The first-order valence-electron chi connectivity index (χ1n) is 14.3. The molecule has 208 valence electrons. The van der Waals surface area contributed by atoms with Gasteiger partial charge in [-0.25, -0.2) is 15.0 Å². The highest BCUT2D eigenvalue weighted by Crippen LogP contribution is 2.37. The minimum absolute atomic E-state index is 0.0526. The molecule has 2 fully saturated rings. The lowest BCUT2D eigenvalue weighted by Crippen LogP contribution is -2.48. The van der Waals surface area contributed by atoms with Crippen LogP contribution in [0.4, 0.5) is 5.82 Å². The first-order chi connectivity index (χ1) is 18.8. The summed E-state index contributed by atoms with van der Waals surface area (Å²) in [5.74, 6) is 3.54. The maximum absolute atomic E-state index is 5.93. The third-order valence-electron chi connectivity index (χ3n) is 7.53. The van der Waals surface area contributed by atoms with Gasteiger partial charge in [0.05, 0.1) is 6.61 Å². The summed E-state index contributed by atoms with van der Waals surface area (Å²) >= 11 is 0. The van der Waals surface area contributed by atoms with Crippen LogP contribution in [-0.2, 0) is 12.0 Å². The minimum Gasteiger partial charge on any atom is -0.473 e. The molecule has 0 radical (unpaired) electrons. The van der Waals surface area contributed by atoms with E-state index in [1.165, 1.54) is 25.0 Å². The highest BCUT2D eigenvalue weighted by atomic mass is 16.5. The van der Waals surface area contributed by atoms with Gasteiger partial charge < -0.3 is 14.4 Å². The van der Waals surface area contributed by atoms with E-state index in [4.69, 9.17) is 19.4 Å². The second-order valence-electron chi connectivity index (χ2n) is 12.0. The Morgan fingerprint density at radius 1 is 0.949 bits per heavy atom. The van der Waals surface area contributed by atoms with Crippen LogP contribution in [0.15, 0.2) is 48.7 Å². The summed E-state index contributed by atoms with van der Waals surface area (Å²) in [5.41, 5.74) is 2.28. The molecule has 1 aromatic carbocycles. The van der Waals surface area contributed by atoms with Crippen LogP contribution in [0.5, 0.6) is 11.9 Å². The average Bonchev–Trinajstić information content (AvgIpc) is 2.90. The van der Waals surface area contributed by atoms with Crippen molar-refractivity contribution in [3.63, 3.8) is 0 Å². The molecule has 39 heavy (non-hydrogen) atoms. The predicted molar refractivity (Wildman–Crippen MR) is 153 cm³/mol. The summed E-state index contributed by atoms with van der Waals surface area (Å²) in [6.07, 6.45) is 5.50. The zero-order valence-electron chi connectivity index (χ0n) is 23.8. The van der Waals surface area contributed by atoms with Crippen molar-refractivity contribution < 1.29 is 9.47 Å². The molecule has 0 spiro atoms. The molecular formula is C31H42N6O2. The molecule has 1 atom stereocenters. The van der Waals surface area contributed by atoms with E-state index in [-0.39, 0.29) is 5.41 Å². The Labute approximate surface area is 232 Å². The van der Waals surface area contributed by atoms with Crippen molar-refractivity contribution >= 4 is 5.82 Å². The van der Waals surface area contributed by atoms with Gasteiger partial charge in [0.1, 0.15) is 18.2 Å². The first-order valence-corrected chi connectivity index (χ1v) is 14.3. The van der Waals surface area contributed by atoms with Crippen LogP contribution in [0.2, 0.25) is 0 Å². The Bertz CT molecular complexity index is 1200. The fraction of sp³-hybridized carbons (Fsp3) is 0.548. The summed E-state index contributed by atoms with van der Waals surface area (Å²) in [6, 6.07) is 14.4. The molecule has 5 rings (SSSR count). The Kier molecular flexibility index (Phi) is 8.60. The number of hydrogen-bond donors (Lipinski definition) is 0. The molecule has 0 bridgehead atoms. The topological polar surface area (TPSA) is 76.5 Å². The van der Waals surface area contributed by atoms with Crippen molar-refractivity contribution in [1.82, 2.24) is 24.8 Å². The maximum atomic E-state index is 5.93. The molecule has 2 aromatic heterocycles. The van der Waals surface area contributed by atoms with Gasteiger partial charge in [0, 0.05) is 74.0 Å². The number of anilines is 1. The summed E-state index contributed by atoms with van der Waals surface area (Å²) < 4.78 is 11.7. The van der Waals surface area contributed by atoms with Crippen molar-refractivity contribution in [3.8, 4) is 11.9 Å². The number of rotatable bonds is 10. The van der Waals surface area contributed by atoms with E-state index >= 15 is 0 Å². The van der Waals surface area contributed by atoms with Gasteiger partial charge in [0.2, 0.25) is 5.88 Å². The summed E-state index contributed by atoms with van der Waals surface area (Å²) in [4.78, 5) is 23.6. The molecule has 0 amide bonds. The lowest BCUT2D eigenvalue weighted by Gasteiger charge is -2.37. The van der Waals surface area contributed by atoms with E-state index in [0.717, 1.165) is 49.9 Å².